The van der Waals surface area contributed by atoms with Crippen molar-refractivity contribution in [3.8, 4) is 22.8 Å². The second-order valence-corrected chi connectivity index (χ2v) is 11.6. The number of nitrogens with zero attached hydrogens (tertiary/aromatic N) is 3. The minimum atomic E-state index is -0.778. The van der Waals surface area contributed by atoms with Crippen molar-refractivity contribution < 1.29 is 19.2 Å². The largest absolute Gasteiger partial charge is 0.493 e. The van der Waals surface area contributed by atoms with Crippen LogP contribution in [-0.4, -0.2) is 32.9 Å². The highest BCUT2D eigenvalue weighted by molar-refractivity contribution is 6.32. The smallest absolute Gasteiger partial charge is 0.343 e. The Kier molecular flexibility index (Phi) is 7.57. The Morgan fingerprint density at radius 2 is 1.82 bits per heavy atom. The van der Waals surface area contributed by atoms with E-state index in [1.165, 1.54) is 19.2 Å². The molecule has 0 radical (unpaired) electrons. The summed E-state index contributed by atoms with van der Waals surface area (Å²) in [6.07, 6.45) is 2.88. The minimum absolute atomic E-state index is 0.00912. The molecule has 204 valence electrons. The third kappa shape index (κ3) is 6.31. The van der Waals surface area contributed by atoms with E-state index in [0.29, 0.717) is 11.4 Å². The number of hydrogen-bond donors (Lipinski definition) is 1. The number of nitro benzene ring substituents is 1. The number of nitrogens with one attached hydrogen (secondary N) is 1. The molecule has 0 saturated heterocycles. The lowest BCUT2D eigenvalue weighted by atomic mass is 9.82. The molecule has 2 aromatic heterocycles. The van der Waals surface area contributed by atoms with Crippen molar-refractivity contribution in [2.24, 2.45) is 5.41 Å². The number of carbonyl (C=O) groups excluding carboxylic acids is 1. The number of anilines is 1. The minimum Gasteiger partial charge on any atom is -0.493 e. The van der Waals surface area contributed by atoms with E-state index in [2.05, 4.69) is 39.9 Å². The Morgan fingerprint density at radius 3 is 2.49 bits per heavy atom. The van der Waals surface area contributed by atoms with Crippen molar-refractivity contribution in [3.63, 3.8) is 0 Å². The summed E-state index contributed by atoms with van der Waals surface area (Å²) in [5.41, 5.74) is 1.73. The van der Waals surface area contributed by atoms with E-state index >= 15 is 0 Å². The highest BCUT2D eigenvalue weighted by atomic mass is 35.5. The van der Waals surface area contributed by atoms with Gasteiger partial charge < -0.3 is 14.8 Å². The molecule has 2 aromatic carbocycles. The maximum atomic E-state index is 12.8. The van der Waals surface area contributed by atoms with Crippen molar-refractivity contribution in [1.82, 2.24) is 9.38 Å². The van der Waals surface area contributed by atoms with Crippen LogP contribution in [0.1, 0.15) is 51.4 Å². The molecular formula is C29H31ClN4O5. The summed E-state index contributed by atoms with van der Waals surface area (Å²) in [6, 6.07) is 14.7. The Bertz CT molecular complexity index is 1560. The second kappa shape index (κ2) is 10.6. The molecular weight excluding hydrogens is 520 g/mol. The number of carbonyl (C=O) groups is 1. The van der Waals surface area contributed by atoms with Gasteiger partial charge in [-0.25, -0.2) is 9.78 Å². The fourth-order valence-corrected chi connectivity index (χ4v) is 5.03. The van der Waals surface area contributed by atoms with Crippen LogP contribution < -0.4 is 14.8 Å². The highest BCUT2D eigenvalue weighted by Gasteiger charge is 2.28. The molecule has 0 spiro atoms. The van der Waals surface area contributed by atoms with Gasteiger partial charge in [0.25, 0.3) is 5.69 Å². The van der Waals surface area contributed by atoms with Crippen molar-refractivity contribution in [3.05, 3.63) is 81.5 Å². The first kappa shape index (κ1) is 27.9. The number of pyridine rings is 1. The standard InChI is InChI=1S/C29H31ClN4O5/c1-28(2,3)17-29(4,5)32-26-25(31-24-9-7-8-14-33(24)26)18-11-13-22(23(16-18)38-6)39-27(35)19-10-12-20(30)21(15-19)34(36)37/h7-16,32H,17H2,1-6H3. The predicted molar refractivity (Wildman–Crippen MR) is 152 cm³/mol. The summed E-state index contributed by atoms with van der Waals surface area (Å²) >= 11 is 5.87. The number of ether oxygens (including phenoxy) is 2. The van der Waals surface area contributed by atoms with Gasteiger partial charge in [0.15, 0.2) is 11.5 Å². The van der Waals surface area contributed by atoms with E-state index in [-0.39, 0.29) is 33.0 Å². The van der Waals surface area contributed by atoms with Gasteiger partial charge in [0.05, 0.1) is 17.6 Å². The summed E-state index contributed by atoms with van der Waals surface area (Å²) in [6.45, 7) is 10.9. The number of methoxy groups -OCH3 is 1. The van der Waals surface area contributed by atoms with Crippen LogP contribution >= 0.6 is 11.6 Å². The molecule has 0 saturated carbocycles. The van der Waals surface area contributed by atoms with E-state index in [1.807, 2.05) is 28.8 Å². The van der Waals surface area contributed by atoms with Gasteiger partial charge in [0.1, 0.15) is 22.2 Å². The molecule has 39 heavy (non-hydrogen) atoms. The van der Waals surface area contributed by atoms with Crippen LogP contribution in [0.3, 0.4) is 0 Å². The number of halogens is 1. The molecule has 0 amide bonds. The van der Waals surface area contributed by atoms with Crippen molar-refractivity contribution in [2.45, 2.75) is 46.6 Å². The molecule has 0 fully saturated rings. The molecule has 4 rings (SSSR count). The zero-order valence-electron chi connectivity index (χ0n) is 22.7. The van der Waals surface area contributed by atoms with Gasteiger partial charge >= 0.3 is 5.97 Å². The lowest BCUT2D eigenvalue weighted by molar-refractivity contribution is -0.384. The zero-order chi connectivity index (χ0) is 28.5. The van der Waals surface area contributed by atoms with Crippen LogP contribution in [0.2, 0.25) is 5.02 Å². The average molecular weight is 551 g/mol. The topological polar surface area (TPSA) is 108 Å². The fraction of sp³-hybridized carbons (Fsp3) is 0.310. The Labute approximate surface area is 231 Å². The van der Waals surface area contributed by atoms with E-state index in [0.717, 1.165) is 29.5 Å². The zero-order valence-corrected chi connectivity index (χ0v) is 23.5. The molecule has 10 heteroatoms. The molecule has 4 aromatic rings. The molecule has 0 aliphatic heterocycles. The van der Waals surface area contributed by atoms with Crippen LogP contribution in [0, 0.1) is 15.5 Å². The summed E-state index contributed by atoms with van der Waals surface area (Å²) in [4.78, 5) is 28.2. The van der Waals surface area contributed by atoms with Gasteiger partial charge in [-0.15, -0.1) is 0 Å². The lowest BCUT2D eigenvalue weighted by Gasteiger charge is -2.34. The molecule has 9 nitrogen and oxygen atoms in total. The maximum absolute atomic E-state index is 12.8. The molecule has 1 N–H and O–H groups in total. The first-order chi connectivity index (χ1) is 18.3. The van der Waals surface area contributed by atoms with Gasteiger partial charge in [-0.2, -0.15) is 0 Å². The monoisotopic (exact) mass is 550 g/mol. The van der Waals surface area contributed by atoms with Crippen LogP contribution in [0.15, 0.2) is 60.8 Å². The number of imidazole rings is 1. The van der Waals surface area contributed by atoms with Crippen molar-refractivity contribution in [2.75, 3.05) is 12.4 Å². The van der Waals surface area contributed by atoms with E-state index in [9.17, 15) is 14.9 Å². The molecule has 0 aliphatic rings. The predicted octanol–water partition coefficient (Wildman–Crippen LogP) is 7.42. The van der Waals surface area contributed by atoms with Gasteiger partial charge in [0, 0.05) is 23.4 Å². The van der Waals surface area contributed by atoms with Crippen molar-refractivity contribution in [1.29, 1.82) is 0 Å². The number of fused-ring (bicyclic) bond motifs is 1. The summed E-state index contributed by atoms with van der Waals surface area (Å²) in [5, 5.41) is 14.8. The summed E-state index contributed by atoms with van der Waals surface area (Å²) in [5.74, 6) is 0.524. The second-order valence-electron chi connectivity index (χ2n) is 11.2. The average Bonchev–Trinajstić information content (AvgIpc) is 3.20. The van der Waals surface area contributed by atoms with Crippen LogP contribution in [0.5, 0.6) is 11.5 Å². The lowest BCUT2D eigenvalue weighted by Crippen LogP contribution is -2.36. The SMILES string of the molecule is COc1cc(-c2nc3ccccn3c2NC(C)(C)CC(C)(C)C)ccc1OC(=O)c1ccc(Cl)c([N+](=O)[O-])c1. The summed E-state index contributed by atoms with van der Waals surface area (Å²) < 4.78 is 13.1. The van der Waals surface area contributed by atoms with Gasteiger partial charge in [-0.1, -0.05) is 38.4 Å². The maximum Gasteiger partial charge on any atom is 0.343 e. The normalized spacial score (nSPS) is 11.9. The molecule has 0 aliphatic carbocycles. The first-order valence-electron chi connectivity index (χ1n) is 12.4. The Balaban J connectivity index is 1.70. The van der Waals surface area contributed by atoms with Crippen LogP contribution in [0.4, 0.5) is 11.5 Å². The Morgan fingerprint density at radius 1 is 1.08 bits per heavy atom. The number of aromatic nitrogens is 2. The number of esters is 1. The van der Waals surface area contributed by atoms with E-state index in [4.69, 9.17) is 26.1 Å². The van der Waals surface area contributed by atoms with Crippen LogP contribution in [0.25, 0.3) is 16.9 Å². The van der Waals surface area contributed by atoms with Gasteiger partial charge in [-0.05, 0) is 68.1 Å². The van der Waals surface area contributed by atoms with Crippen molar-refractivity contribution >= 4 is 34.7 Å². The summed E-state index contributed by atoms with van der Waals surface area (Å²) in [7, 11) is 1.47. The van der Waals surface area contributed by atoms with E-state index in [1.54, 1.807) is 18.2 Å². The molecule has 0 bridgehead atoms. The Hall–Kier alpha value is -4.11. The van der Waals surface area contributed by atoms with E-state index < -0.39 is 10.9 Å². The molecule has 0 unspecified atom stereocenters. The quantitative estimate of drug-likeness (QED) is 0.105. The van der Waals surface area contributed by atoms with Gasteiger partial charge in [0.2, 0.25) is 0 Å². The van der Waals surface area contributed by atoms with Gasteiger partial charge in [-0.3, -0.25) is 14.5 Å². The molecule has 2 heterocycles. The molecule has 0 atom stereocenters. The number of rotatable bonds is 8. The third-order valence-electron chi connectivity index (χ3n) is 5.98. The first-order valence-corrected chi connectivity index (χ1v) is 12.8. The number of benzene rings is 2. The van der Waals surface area contributed by atoms with Crippen LogP contribution in [-0.2, 0) is 0 Å². The fourth-order valence-electron chi connectivity index (χ4n) is 4.84. The third-order valence-corrected chi connectivity index (χ3v) is 6.30. The highest BCUT2D eigenvalue weighted by Crippen LogP contribution is 2.38. The number of nitro groups is 1. The number of hydrogen-bond acceptors (Lipinski definition) is 7.